The molecule has 2 aromatic rings. The lowest BCUT2D eigenvalue weighted by Crippen LogP contribution is -2.09. The lowest BCUT2D eigenvalue weighted by atomic mass is 10.3. The molecule has 84 valence electrons. The summed E-state index contributed by atoms with van der Waals surface area (Å²) < 4.78 is 53.1. The van der Waals surface area contributed by atoms with E-state index in [-0.39, 0.29) is 5.82 Å². The molecule has 3 nitrogen and oxygen atoms in total. The van der Waals surface area contributed by atoms with Crippen molar-refractivity contribution in [2.75, 3.05) is 0 Å². The Kier molecular flexibility index (Phi) is 2.37. The molecular weight excluding hydrogens is 226 g/mol. The van der Waals surface area contributed by atoms with Crippen LogP contribution < -0.4 is 0 Å². The standard InChI is InChI=1S/C9H5F4N3/c1-4-14-2-3-16(4)7-5(10)8(12)15-9(13)6(7)11/h2-3H,1H3. The molecule has 16 heavy (non-hydrogen) atoms. The number of rotatable bonds is 1. The smallest absolute Gasteiger partial charge is 0.253 e. The van der Waals surface area contributed by atoms with Gasteiger partial charge in [-0.25, -0.2) is 4.98 Å². The van der Waals surface area contributed by atoms with Gasteiger partial charge in [0.25, 0.3) is 11.9 Å². The molecule has 0 saturated heterocycles. The molecule has 0 atom stereocenters. The van der Waals surface area contributed by atoms with Crippen molar-refractivity contribution in [3.8, 4) is 5.69 Å². The number of nitrogens with zero attached hydrogens (tertiary/aromatic N) is 3. The predicted octanol–water partition coefficient (Wildman–Crippen LogP) is 2.13. The largest absolute Gasteiger partial charge is 0.298 e. The first-order valence-electron chi connectivity index (χ1n) is 4.22. The van der Waals surface area contributed by atoms with E-state index in [1.54, 1.807) is 0 Å². The Hall–Kier alpha value is -1.92. The zero-order valence-corrected chi connectivity index (χ0v) is 8.01. The number of hydrogen-bond donors (Lipinski definition) is 0. The molecule has 2 rings (SSSR count). The quantitative estimate of drug-likeness (QED) is 0.556. The molecular formula is C9H5F4N3. The van der Waals surface area contributed by atoms with Crippen LogP contribution in [0.4, 0.5) is 17.6 Å². The van der Waals surface area contributed by atoms with Gasteiger partial charge in [0.1, 0.15) is 11.5 Å². The van der Waals surface area contributed by atoms with Crippen molar-refractivity contribution in [3.05, 3.63) is 41.7 Å². The Morgan fingerprint density at radius 2 is 1.62 bits per heavy atom. The first-order chi connectivity index (χ1) is 7.52. The Morgan fingerprint density at radius 1 is 1.06 bits per heavy atom. The molecule has 0 aromatic carbocycles. The van der Waals surface area contributed by atoms with Gasteiger partial charge in [-0.2, -0.15) is 22.5 Å². The van der Waals surface area contributed by atoms with Gasteiger partial charge in [0.2, 0.25) is 11.6 Å². The Labute approximate surface area is 87.4 Å². The van der Waals surface area contributed by atoms with Gasteiger partial charge in [-0.05, 0) is 6.92 Å². The molecule has 2 heterocycles. The zero-order chi connectivity index (χ0) is 11.9. The van der Waals surface area contributed by atoms with Gasteiger partial charge >= 0.3 is 0 Å². The van der Waals surface area contributed by atoms with Crippen LogP contribution in [0.15, 0.2) is 12.4 Å². The predicted molar refractivity (Wildman–Crippen MR) is 45.9 cm³/mol. The average Bonchev–Trinajstić information content (AvgIpc) is 2.63. The molecule has 0 fully saturated rings. The van der Waals surface area contributed by atoms with Crippen molar-refractivity contribution in [1.29, 1.82) is 0 Å². The number of pyridine rings is 1. The van der Waals surface area contributed by atoms with E-state index in [1.807, 2.05) is 0 Å². The van der Waals surface area contributed by atoms with Gasteiger partial charge in [-0.3, -0.25) is 4.57 Å². The number of aromatic nitrogens is 3. The van der Waals surface area contributed by atoms with Crippen molar-refractivity contribution in [1.82, 2.24) is 14.5 Å². The first kappa shape index (κ1) is 10.6. The first-order valence-corrected chi connectivity index (χ1v) is 4.22. The highest BCUT2D eigenvalue weighted by atomic mass is 19.2. The molecule has 0 radical (unpaired) electrons. The Morgan fingerprint density at radius 3 is 2.06 bits per heavy atom. The van der Waals surface area contributed by atoms with Crippen LogP contribution >= 0.6 is 0 Å². The third-order valence-corrected chi connectivity index (χ3v) is 2.04. The molecule has 0 saturated carbocycles. The third kappa shape index (κ3) is 1.44. The molecule has 2 aromatic heterocycles. The van der Waals surface area contributed by atoms with E-state index in [2.05, 4.69) is 9.97 Å². The van der Waals surface area contributed by atoms with E-state index < -0.39 is 29.2 Å². The normalized spacial score (nSPS) is 10.8. The number of halogens is 4. The van der Waals surface area contributed by atoms with Gasteiger partial charge in [0.05, 0.1) is 0 Å². The molecule has 0 aliphatic carbocycles. The fourth-order valence-corrected chi connectivity index (χ4v) is 1.30. The van der Waals surface area contributed by atoms with Gasteiger partial charge in [0.15, 0.2) is 0 Å². The fourth-order valence-electron chi connectivity index (χ4n) is 1.30. The van der Waals surface area contributed by atoms with Crippen molar-refractivity contribution in [3.63, 3.8) is 0 Å². The minimum Gasteiger partial charge on any atom is -0.298 e. The van der Waals surface area contributed by atoms with E-state index in [0.29, 0.717) is 0 Å². The molecule has 0 unspecified atom stereocenters. The highest BCUT2D eigenvalue weighted by Gasteiger charge is 2.22. The molecule has 0 bridgehead atoms. The summed E-state index contributed by atoms with van der Waals surface area (Å²) in [6, 6.07) is 0. The SMILES string of the molecule is Cc1nccn1-c1c(F)c(F)nc(F)c1F. The minimum absolute atomic E-state index is 0.197. The van der Waals surface area contributed by atoms with Crippen molar-refractivity contribution in [2.24, 2.45) is 0 Å². The lowest BCUT2D eigenvalue weighted by molar-refractivity contribution is 0.402. The lowest BCUT2D eigenvalue weighted by Gasteiger charge is -2.08. The van der Waals surface area contributed by atoms with E-state index >= 15 is 0 Å². The van der Waals surface area contributed by atoms with Crippen LogP contribution in [0.2, 0.25) is 0 Å². The second-order valence-corrected chi connectivity index (χ2v) is 3.01. The van der Waals surface area contributed by atoms with Crippen LogP contribution in [0.25, 0.3) is 5.69 Å². The minimum atomic E-state index is -1.69. The monoisotopic (exact) mass is 231 g/mol. The van der Waals surface area contributed by atoms with E-state index in [4.69, 9.17) is 0 Å². The van der Waals surface area contributed by atoms with Crippen LogP contribution in [0, 0.1) is 30.5 Å². The third-order valence-electron chi connectivity index (χ3n) is 2.04. The van der Waals surface area contributed by atoms with Crippen LogP contribution in [0.1, 0.15) is 5.82 Å². The van der Waals surface area contributed by atoms with Gasteiger partial charge in [0, 0.05) is 12.4 Å². The summed E-state index contributed by atoms with van der Waals surface area (Å²) in [5, 5.41) is 0. The van der Waals surface area contributed by atoms with Crippen LogP contribution in [0.3, 0.4) is 0 Å². The van der Waals surface area contributed by atoms with E-state index in [9.17, 15) is 17.6 Å². The second kappa shape index (κ2) is 3.58. The summed E-state index contributed by atoms with van der Waals surface area (Å²) in [6.07, 6.45) is 2.44. The summed E-state index contributed by atoms with van der Waals surface area (Å²) in [7, 11) is 0. The van der Waals surface area contributed by atoms with Crippen LogP contribution in [0.5, 0.6) is 0 Å². The fraction of sp³-hybridized carbons (Fsp3) is 0.111. The maximum atomic E-state index is 13.3. The maximum absolute atomic E-state index is 13.3. The number of hydrogen-bond acceptors (Lipinski definition) is 2. The van der Waals surface area contributed by atoms with Crippen LogP contribution in [-0.4, -0.2) is 14.5 Å². The maximum Gasteiger partial charge on any atom is 0.253 e. The topological polar surface area (TPSA) is 30.7 Å². The molecule has 0 aliphatic rings. The highest BCUT2D eigenvalue weighted by molar-refractivity contribution is 5.35. The molecule has 7 heteroatoms. The number of aryl methyl sites for hydroxylation is 1. The highest BCUT2D eigenvalue weighted by Crippen LogP contribution is 2.21. The molecule has 0 amide bonds. The van der Waals surface area contributed by atoms with Gasteiger partial charge in [-0.1, -0.05) is 0 Å². The number of imidazole rings is 1. The summed E-state index contributed by atoms with van der Waals surface area (Å²) in [6.45, 7) is 1.44. The molecule has 0 N–H and O–H groups in total. The molecule has 0 aliphatic heterocycles. The molecule has 0 spiro atoms. The van der Waals surface area contributed by atoms with E-state index in [1.165, 1.54) is 19.3 Å². The van der Waals surface area contributed by atoms with E-state index in [0.717, 1.165) is 4.57 Å². The Balaban J connectivity index is 2.79. The van der Waals surface area contributed by atoms with Crippen molar-refractivity contribution < 1.29 is 17.6 Å². The van der Waals surface area contributed by atoms with Crippen LogP contribution in [-0.2, 0) is 0 Å². The summed E-state index contributed by atoms with van der Waals surface area (Å²) in [5.41, 5.74) is -0.861. The van der Waals surface area contributed by atoms with Crippen molar-refractivity contribution in [2.45, 2.75) is 6.92 Å². The van der Waals surface area contributed by atoms with Gasteiger partial charge < -0.3 is 0 Å². The second-order valence-electron chi connectivity index (χ2n) is 3.01. The summed E-state index contributed by atoms with van der Waals surface area (Å²) in [4.78, 5) is 6.15. The summed E-state index contributed by atoms with van der Waals surface area (Å²) in [5.74, 6) is -6.30. The van der Waals surface area contributed by atoms with Gasteiger partial charge in [-0.15, -0.1) is 0 Å². The Bertz CT molecular complexity index is 524. The summed E-state index contributed by atoms with van der Waals surface area (Å²) >= 11 is 0. The van der Waals surface area contributed by atoms with Crippen molar-refractivity contribution >= 4 is 0 Å². The average molecular weight is 231 g/mol. The zero-order valence-electron chi connectivity index (χ0n) is 8.01.